The van der Waals surface area contributed by atoms with Crippen LogP contribution in [-0.4, -0.2) is 27.3 Å². The van der Waals surface area contributed by atoms with Crippen molar-refractivity contribution in [3.8, 4) is 0 Å². The summed E-state index contributed by atoms with van der Waals surface area (Å²) in [6.07, 6.45) is -1.01. The van der Waals surface area contributed by atoms with E-state index in [2.05, 4.69) is 0 Å². The Bertz CT molecular complexity index is 468. The van der Waals surface area contributed by atoms with Crippen LogP contribution >= 0.6 is 11.6 Å². The van der Waals surface area contributed by atoms with Crippen molar-refractivity contribution in [1.82, 2.24) is 0 Å². The molecule has 0 spiro atoms. The van der Waals surface area contributed by atoms with E-state index in [1.54, 1.807) is 12.1 Å². The molecule has 0 radical (unpaired) electrons. The number of hydrogen-bond donors (Lipinski definition) is 2. The van der Waals surface area contributed by atoms with E-state index in [1.165, 1.54) is 13.0 Å². The zero-order valence-electron chi connectivity index (χ0n) is 10.2. The van der Waals surface area contributed by atoms with E-state index >= 15 is 0 Å². The molecule has 0 amide bonds. The second-order valence-electron chi connectivity index (χ2n) is 4.00. The van der Waals surface area contributed by atoms with Crippen molar-refractivity contribution in [3.05, 3.63) is 34.9 Å². The highest BCUT2D eigenvalue weighted by molar-refractivity contribution is 6.33. The molecule has 98 valence electrons. The van der Waals surface area contributed by atoms with Gasteiger partial charge in [-0.25, -0.2) is 4.79 Å². The standard InChI is InChI=1S/C13H15ClO4/c1-3-8-4-5-9(12(16)13(17)18)10(6-8)11(15)7(2)14/h4-7,12,16H,3H2,1-2H3,(H,17,18). The van der Waals surface area contributed by atoms with Crippen LogP contribution in [0.1, 0.15) is 41.4 Å². The Kier molecular flexibility index (Phi) is 4.87. The van der Waals surface area contributed by atoms with Gasteiger partial charge in [0.25, 0.3) is 0 Å². The molecule has 0 aliphatic heterocycles. The van der Waals surface area contributed by atoms with E-state index in [1.807, 2.05) is 6.92 Å². The molecule has 1 rings (SSSR count). The maximum absolute atomic E-state index is 11.9. The number of carbonyl (C=O) groups excluding carboxylic acids is 1. The fourth-order valence-electron chi connectivity index (χ4n) is 1.62. The van der Waals surface area contributed by atoms with Crippen LogP contribution in [0.25, 0.3) is 0 Å². The smallest absolute Gasteiger partial charge is 0.337 e. The quantitative estimate of drug-likeness (QED) is 0.635. The molecule has 5 heteroatoms. The van der Waals surface area contributed by atoms with Gasteiger partial charge < -0.3 is 10.2 Å². The molecule has 18 heavy (non-hydrogen) atoms. The molecule has 0 aromatic heterocycles. The molecule has 0 heterocycles. The summed E-state index contributed by atoms with van der Waals surface area (Å²) in [5.41, 5.74) is 1.14. The van der Waals surface area contributed by atoms with Gasteiger partial charge in [-0.05, 0) is 25.0 Å². The fraction of sp³-hybridized carbons (Fsp3) is 0.385. The number of alkyl halides is 1. The molecule has 2 atom stereocenters. The lowest BCUT2D eigenvalue weighted by molar-refractivity contribution is -0.146. The van der Waals surface area contributed by atoms with Gasteiger partial charge in [-0.15, -0.1) is 11.6 Å². The Morgan fingerprint density at radius 1 is 1.39 bits per heavy atom. The van der Waals surface area contributed by atoms with E-state index in [4.69, 9.17) is 16.7 Å². The highest BCUT2D eigenvalue weighted by Gasteiger charge is 2.24. The van der Waals surface area contributed by atoms with Crippen LogP contribution in [0.4, 0.5) is 0 Å². The lowest BCUT2D eigenvalue weighted by Crippen LogP contribution is -2.19. The van der Waals surface area contributed by atoms with Gasteiger partial charge in [0.2, 0.25) is 0 Å². The first-order valence-electron chi connectivity index (χ1n) is 5.60. The number of Topliss-reactive ketones (excluding diaryl/α,β-unsaturated/α-hetero) is 1. The van der Waals surface area contributed by atoms with Crippen molar-refractivity contribution >= 4 is 23.4 Å². The summed E-state index contributed by atoms with van der Waals surface area (Å²) in [6.45, 7) is 3.43. The molecule has 0 aliphatic carbocycles. The lowest BCUT2D eigenvalue weighted by atomic mass is 9.95. The number of carboxylic acid groups (broad SMARTS) is 1. The monoisotopic (exact) mass is 270 g/mol. The summed E-state index contributed by atoms with van der Waals surface area (Å²) in [5, 5.41) is 17.6. The number of aliphatic hydroxyl groups excluding tert-OH is 1. The predicted molar refractivity (Wildman–Crippen MR) is 68.1 cm³/mol. The molecule has 2 unspecified atom stereocenters. The molecule has 4 nitrogen and oxygen atoms in total. The number of aliphatic hydroxyl groups is 1. The van der Waals surface area contributed by atoms with Gasteiger partial charge in [-0.2, -0.15) is 0 Å². The first-order valence-corrected chi connectivity index (χ1v) is 6.04. The highest BCUT2D eigenvalue weighted by atomic mass is 35.5. The number of carbonyl (C=O) groups is 2. The zero-order valence-corrected chi connectivity index (χ0v) is 10.9. The van der Waals surface area contributed by atoms with Crippen molar-refractivity contribution in [2.45, 2.75) is 31.7 Å². The number of hydrogen-bond acceptors (Lipinski definition) is 3. The molecule has 0 fully saturated rings. The molecular formula is C13H15ClO4. The maximum atomic E-state index is 11.9. The van der Waals surface area contributed by atoms with Crippen LogP contribution in [0.5, 0.6) is 0 Å². The van der Waals surface area contributed by atoms with Gasteiger partial charge in [0.1, 0.15) is 0 Å². The number of aryl methyl sites for hydroxylation is 1. The predicted octanol–water partition coefficient (Wildman–Crippen LogP) is 2.18. The minimum absolute atomic E-state index is 0.0807. The molecular weight excluding hydrogens is 256 g/mol. The molecule has 1 aromatic carbocycles. The van der Waals surface area contributed by atoms with Crippen LogP contribution in [0, 0.1) is 0 Å². The SMILES string of the molecule is CCc1ccc(C(O)C(=O)O)c(C(=O)C(C)Cl)c1. The van der Waals surface area contributed by atoms with Crippen molar-refractivity contribution in [3.63, 3.8) is 0 Å². The first-order chi connectivity index (χ1) is 8.38. The Morgan fingerprint density at radius 3 is 2.44 bits per heavy atom. The van der Waals surface area contributed by atoms with Gasteiger partial charge in [0, 0.05) is 11.1 Å². The van der Waals surface area contributed by atoms with Gasteiger partial charge in [-0.3, -0.25) is 4.79 Å². The highest BCUT2D eigenvalue weighted by Crippen LogP contribution is 2.23. The fourth-order valence-corrected chi connectivity index (χ4v) is 1.74. The van der Waals surface area contributed by atoms with Crippen molar-refractivity contribution in [2.24, 2.45) is 0 Å². The topological polar surface area (TPSA) is 74.6 Å². The normalized spacial score (nSPS) is 14.0. The van der Waals surface area contributed by atoms with Crippen LogP contribution in [0.3, 0.4) is 0 Å². The van der Waals surface area contributed by atoms with E-state index in [-0.39, 0.29) is 16.9 Å². The summed E-state index contributed by atoms with van der Waals surface area (Å²) in [4.78, 5) is 22.7. The second-order valence-corrected chi connectivity index (χ2v) is 4.65. The van der Waals surface area contributed by atoms with Gasteiger partial charge in [0.15, 0.2) is 11.9 Å². The van der Waals surface area contributed by atoms with Gasteiger partial charge in [0.05, 0.1) is 5.38 Å². The van der Waals surface area contributed by atoms with Crippen molar-refractivity contribution in [2.75, 3.05) is 0 Å². The van der Waals surface area contributed by atoms with Gasteiger partial charge in [-0.1, -0.05) is 19.1 Å². The van der Waals surface area contributed by atoms with Crippen molar-refractivity contribution in [1.29, 1.82) is 0 Å². The lowest BCUT2D eigenvalue weighted by Gasteiger charge is -2.14. The molecule has 0 aliphatic rings. The largest absolute Gasteiger partial charge is 0.479 e. The molecule has 2 N–H and O–H groups in total. The van der Waals surface area contributed by atoms with Gasteiger partial charge >= 0.3 is 5.97 Å². The maximum Gasteiger partial charge on any atom is 0.337 e. The number of ketones is 1. The number of halogens is 1. The third-order valence-corrected chi connectivity index (χ3v) is 2.88. The number of rotatable bonds is 5. The second kappa shape index (κ2) is 5.98. The van der Waals surface area contributed by atoms with E-state index in [9.17, 15) is 14.7 Å². The number of aliphatic carboxylic acids is 1. The summed E-state index contributed by atoms with van der Waals surface area (Å²) in [7, 11) is 0. The van der Waals surface area contributed by atoms with Crippen molar-refractivity contribution < 1.29 is 19.8 Å². The summed E-state index contributed by atoms with van der Waals surface area (Å²) >= 11 is 5.74. The van der Waals surface area contributed by atoms with Crippen LogP contribution in [0.2, 0.25) is 0 Å². The van der Waals surface area contributed by atoms with Crippen LogP contribution < -0.4 is 0 Å². The molecule has 0 saturated heterocycles. The minimum atomic E-state index is -1.72. The Hall–Kier alpha value is -1.39. The van der Waals surface area contributed by atoms with E-state index < -0.39 is 17.5 Å². The minimum Gasteiger partial charge on any atom is -0.479 e. The Morgan fingerprint density at radius 2 is 2.00 bits per heavy atom. The average Bonchev–Trinajstić information content (AvgIpc) is 2.35. The Balaban J connectivity index is 3.33. The van der Waals surface area contributed by atoms with Crippen LogP contribution in [-0.2, 0) is 11.2 Å². The Labute approximate surface area is 110 Å². The summed E-state index contributed by atoms with van der Waals surface area (Å²) < 4.78 is 0. The van der Waals surface area contributed by atoms with Crippen LogP contribution in [0.15, 0.2) is 18.2 Å². The summed E-state index contributed by atoms with van der Waals surface area (Å²) in [5.74, 6) is -1.78. The molecule has 0 saturated carbocycles. The average molecular weight is 271 g/mol. The first kappa shape index (κ1) is 14.7. The number of carboxylic acids is 1. The zero-order chi connectivity index (χ0) is 13.9. The number of benzene rings is 1. The summed E-state index contributed by atoms with van der Waals surface area (Å²) in [6, 6.07) is 4.74. The third-order valence-electron chi connectivity index (χ3n) is 2.68. The van der Waals surface area contributed by atoms with E-state index in [0.29, 0.717) is 6.42 Å². The molecule has 0 bridgehead atoms. The third kappa shape index (κ3) is 3.09. The molecule has 1 aromatic rings. The van der Waals surface area contributed by atoms with E-state index in [0.717, 1.165) is 5.56 Å².